The van der Waals surface area contributed by atoms with Gasteiger partial charge in [-0.15, -0.1) is 5.10 Å². The molecule has 2 rings (SSSR count). The molecule has 2 heterocycles. The summed E-state index contributed by atoms with van der Waals surface area (Å²) in [5.41, 5.74) is 5.05. The van der Waals surface area contributed by atoms with E-state index in [-0.39, 0.29) is 6.09 Å². The second-order valence-corrected chi connectivity index (χ2v) is 7.10. The summed E-state index contributed by atoms with van der Waals surface area (Å²) in [5, 5.41) is 8.43. The Balaban J connectivity index is 1.72. The van der Waals surface area contributed by atoms with Crippen molar-refractivity contribution >= 4 is 22.6 Å². The SMILES string of the molecule is CC(C)(C)OC(=O)N1CCC(COc2nnc(N)s2)CC1. The molecule has 1 fully saturated rings. The molecular weight excluding hydrogens is 292 g/mol. The summed E-state index contributed by atoms with van der Waals surface area (Å²) in [6.07, 6.45) is 1.56. The first-order valence-electron chi connectivity index (χ1n) is 7.03. The van der Waals surface area contributed by atoms with Gasteiger partial charge in [0, 0.05) is 13.1 Å². The highest BCUT2D eigenvalue weighted by Crippen LogP contribution is 2.23. The van der Waals surface area contributed by atoms with E-state index in [1.807, 2.05) is 20.8 Å². The standard InChI is InChI=1S/C13H22N4O3S/c1-13(2,3)20-12(18)17-6-4-9(5-7-17)8-19-11-16-15-10(14)21-11/h9H,4-8H2,1-3H3,(H2,14,15). The number of carbonyl (C=O) groups excluding carboxylic acids is 1. The fourth-order valence-corrected chi connectivity index (χ4v) is 2.55. The van der Waals surface area contributed by atoms with Crippen LogP contribution in [0.25, 0.3) is 0 Å². The molecule has 0 unspecified atom stereocenters. The van der Waals surface area contributed by atoms with E-state index in [1.165, 1.54) is 11.3 Å². The molecule has 0 bridgehead atoms. The van der Waals surface area contributed by atoms with Crippen molar-refractivity contribution in [3.8, 4) is 5.19 Å². The van der Waals surface area contributed by atoms with Crippen LogP contribution in [0.1, 0.15) is 33.6 Å². The summed E-state index contributed by atoms with van der Waals surface area (Å²) in [6, 6.07) is 0. The largest absolute Gasteiger partial charge is 0.469 e. The van der Waals surface area contributed by atoms with Crippen LogP contribution in [-0.2, 0) is 4.74 Å². The van der Waals surface area contributed by atoms with Crippen molar-refractivity contribution < 1.29 is 14.3 Å². The van der Waals surface area contributed by atoms with E-state index in [4.69, 9.17) is 15.2 Å². The number of nitrogens with zero attached hydrogens (tertiary/aromatic N) is 3. The molecular formula is C13H22N4O3S. The molecule has 0 atom stereocenters. The van der Waals surface area contributed by atoms with Crippen LogP contribution in [0.3, 0.4) is 0 Å². The first-order chi connectivity index (χ1) is 9.83. The molecule has 8 heteroatoms. The number of carbonyl (C=O) groups is 1. The fraction of sp³-hybridized carbons (Fsp3) is 0.769. The Hall–Kier alpha value is -1.57. The fourth-order valence-electron chi connectivity index (χ4n) is 2.08. The van der Waals surface area contributed by atoms with Gasteiger partial charge in [-0.05, 0) is 50.9 Å². The molecule has 0 aliphatic carbocycles. The van der Waals surface area contributed by atoms with Gasteiger partial charge in [-0.1, -0.05) is 5.10 Å². The first kappa shape index (κ1) is 15.8. The number of hydrogen-bond acceptors (Lipinski definition) is 7. The van der Waals surface area contributed by atoms with Gasteiger partial charge in [0.2, 0.25) is 5.13 Å². The third-order valence-corrected chi connectivity index (χ3v) is 3.80. The van der Waals surface area contributed by atoms with Crippen molar-refractivity contribution in [2.45, 2.75) is 39.2 Å². The lowest BCUT2D eigenvalue weighted by atomic mass is 9.98. The van der Waals surface area contributed by atoms with E-state index >= 15 is 0 Å². The van der Waals surface area contributed by atoms with Crippen LogP contribution in [0, 0.1) is 5.92 Å². The topological polar surface area (TPSA) is 90.6 Å². The van der Waals surface area contributed by atoms with Crippen molar-refractivity contribution in [2.75, 3.05) is 25.4 Å². The van der Waals surface area contributed by atoms with Gasteiger partial charge >= 0.3 is 6.09 Å². The summed E-state index contributed by atoms with van der Waals surface area (Å²) < 4.78 is 10.9. The molecule has 1 saturated heterocycles. The Labute approximate surface area is 128 Å². The van der Waals surface area contributed by atoms with Crippen LogP contribution in [0.15, 0.2) is 0 Å². The van der Waals surface area contributed by atoms with Gasteiger partial charge in [0.15, 0.2) is 0 Å². The van der Waals surface area contributed by atoms with Crippen LogP contribution < -0.4 is 10.5 Å². The minimum atomic E-state index is -0.450. The number of hydrogen-bond donors (Lipinski definition) is 1. The number of rotatable bonds is 3. The van der Waals surface area contributed by atoms with Crippen LogP contribution in [-0.4, -0.2) is 46.5 Å². The lowest BCUT2D eigenvalue weighted by Gasteiger charge is -2.33. The molecule has 0 aromatic carbocycles. The number of ether oxygens (including phenoxy) is 2. The van der Waals surface area contributed by atoms with Gasteiger partial charge < -0.3 is 20.1 Å². The van der Waals surface area contributed by atoms with Gasteiger partial charge in [-0.2, -0.15) is 0 Å². The summed E-state index contributed by atoms with van der Waals surface area (Å²) in [4.78, 5) is 13.7. The molecule has 1 aliphatic rings. The lowest BCUT2D eigenvalue weighted by molar-refractivity contribution is 0.0165. The normalized spacial score (nSPS) is 16.8. The van der Waals surface area contributed by atoms with Crippen LogP contribution in [0.2, 0.25) is 0 Å². The molecule has 118 valence electrons. The number of aromatic nitrogens is 2. The molecule has 1 aliphatic heterocycles. The number of nitrogens with two attached hydrogens (primary N) is 1. The minimum Gasteiger partial charge on any atom is -0.469 e. The predicted molar refractivity (Wildman–Crippen MR) is 80.3 cm³/mol. The van der Waals surface area contributed by atoms with E-state index in [1.54, 1.807) is 4.90 Å². The third kappa shape index (κ3) is 5.04. The van der Waals surface area contributed by atoms with Crippen LogP contribution in [0.4, 0.5) is 9.93 Å². The van der Waals surface area contributed by atoms with Gasteiger partial charge in [-0.25, -0.2) is 4.79 Å². The van der Waals surface area contributed by atoms with Crippen LogP contribution >= 0.6 is 11.3 Å². The summed E-state index contributed by atoms with van der Waals surface area (Å²) in [6.45, 7) is 7.59. The summed E-state index contributed by atoms with van der Waals surface area (Å²) in [5.74, 6) is 0.411. The maximum atomic E-state index is 11.9. The molecule has 0 radical (unpaired) electrons. The quantitative estimate of drug-likeness (QED) is 0.919. The van der Waals surface area contributed by atoms with Crippen molar-refractivity contribution in [2.24, 2.45) is 5.92 Å². The second kappa shape index (κ2) is 6.46. The van der Waals surface area contributed by atoms with E-state index in [9.17, 15) is 4.79 Å². The van der Waals surface area contributed by atoms with Gasteiger partial charge in [-0.3, -0.25) is 0 Å². The van der Waals surface area contributed by atoms with Crippen molar-refractivity contribution in [3.63, 3.8) is 0 Å². The average molecular weight is 314 g/mol. The van der Waals surface area contributed by atoms with E-state index in [0.29, 0.717) is 35.9 Å². The monoisotopic (exact) mass is 314 g/mol. The zero-order chi connectivity index (χ0) is 15.5. The Morgan fingerprint density at radius 1 is 1.38 bits per heavy atom. The first-order valence-corrected chi connectivity index (χ1v) is 7.85. The smallest absolute Gasteiger partial charge is 0.410 e. The third-order valence-electron chi connectivity index (χ3n) is 3.13. The van der Waals surface area contributed by atoms with Gasteiger partial charge in [0.05, 0.1) is 6.61 Å². The van der Waals surface area contributed by atoms with E-state index in [0.717, 1.165) is 12.8 Å². The van der Waals surface area contributed by atoms with E-state index < -0.39 is 5.60 Å². The highest BCUT2D eigenvalue weighted by molar-refractivity contribution is 7.16. The summed E-state index contributed by atoms with van der Waals surface area (Å²) >= 11 is 1.24. The van der Waals surface area contributed by atoms with Gasteiger partial charge in [0.1, 0.15) is 5.60 Å². The van der Waals surface area contributed by atoms with Gasteiger partial charge in [0.25, 0.3) is 5.19 Å². The Kier molecular flexibility index (Phi) is 4.87. The molecule has 0 spiro atoms. The molecule has 1 aromatic heterocycles. The highest BCUT2D eigenvalue weighted by Gasteiger charge is 2.27. The average Bonchev–Trinajstić information content (AvgIpc) is 2.81. The minimum absolute atomic E-state index is 0.237. The van der Waals surface area contributed by atoms with Crippen LogP contribution in [0.5, 0.6) is 5.19 Å². The zero-order valence-electron chi connectivity index (χ0n) is 12.7. The van der Waals surface area contributed by atoms with Crippen molar-refractivity contribution in [1.82, 2.24) is 15.1 Å². The molecule has 2 N–H and O–H groups in total. The van der Waals surface area contributed by atoms with Crippen molar-refractivity contribution in [3.05, 3.63) is 0 Å². The number of anilines is 1. The highest BCUT2D eigenvalue weighted by atomic mass is 32.1. The lowest BCUT2D eigenvalue weighted by Crippen LogP contribution is -2.42. The Morgan fingerprint density at radius 2 is 2.05 bits per heavy atom. The number of amides is 1. The zero-order valence-corrected chi connectivity index (χ0v) is 13.5. The summed E-state index contributed by atoms with van der Waals surface area (Å²) in [7, 11) is 0. The molecule has 7 nitrogen and oxygen atoms in total. The van der Waals surface area contributed by atoms with Crippen molar-refractivity contribution in [1.29, 1.82) is 0 Å². The Bertz CT molecular complexity index is 478. The Morgan fingerprint density at radius 3 is 2.57 bits per heavy atom. The number of piperidine rings is 1. The molecule has 0 saturated carbocycles. The maximum Gasteiger partial charge on any atom is 0.410 e. The molecule has 1 amide bonds. The second-order valence-electron chi connectivity index (χ2n) is 6.13. The van der Waals surface area contributed by atoms with E-state index in [2.05, 4.69) is 10.2 Å². The predicted octanol–water partition coefficient (Wildman–Crippen LogP) is 2.15. The molecule has 1 aromatic rings. The number of nitrogen functional groups attached to an aromatic ring is 1. The number of likely N-dealkylation sites (tertiary alicyclic amines) is 1. The molecule has 21 heavy (non-hydrogen) atoms. The maximum absolute atomic E-state index is 11.9.